The normalized spacial score (nSPS) is 12.7. The number of aromatic nitrogens is 2. The Morgan fingerprint density at radius 1 is 1.56 bits per heavy atom. The van der Waals surface area contributed by atoms with Crippen LogP contribution in [0.4, 0.5) is 4.39 Å². The van der Waals surface area contributed by atoms with Crippen molar-refractivity contribution >= 4 is 15.9 Å². The number of nitrogens with two attached hydrogens (primary N) is 1. The first-order valence-electron chi connectivity index (χ1n) is 5.17. The fraction of sp³-hybridized carbons (Fsp3) is 0.273. The summed E-state index contributed by atoms with van der Waals surface area (Å²) in [7, 11) is 1.51. The summed E-state index contributed by atoms with van der Waals surface area (Å²) < 4.78 is 23.7. The van der Waals surface area contributed by atoms with Crippen LogP contribution in [-0.4, -0.2) is 23.8 Å². The maximum Gasteiger partial charge on any atom is 0.257 e. The molecular formula is C11H11BrFN3O2. The highest BCUT2D eigenvalue weighted by Crippen LogP contribution is 2.27. The molecule has 2 rings (SSSR count). The summed E-state index contributed by atoms with van der Waals surface area (Å²) in [6.07, 6.45) is -0.439. The van der Waals surface area contributed by atoms with Crippen LogP contribution in [-0.2, 0) is 4.74 Å². The van der Waals surface area contributed by atoms with Crippen LogP contribution < -0.4 is 5.73 Å². The SMILES string of the molecule is COC(CN)c1nc(-c2ccc(F)cc2Br)no1. The van der Waals surface area contributed by atoms with Gasteiger partial charge in [0.2, 0.25) is 5.82 Å². The number of rotatable bonds is 4. The number of ether oxygens (including phenoxy) is 1. The minimum absolute atomic E-state index is 0.239. The third-order valence-electron chi connectivity index (χ3n) is 2.39. The van der Waals surface area contributed by atoms with Crippen LogP contribution >= 0.6 is 15.9 Å². The molecule has 0 saturated carbocycles. The summed E-state index contributed by atoms with van der Waals surface area (Å²) in [5.74, 6) is 0.310. The lowest BCUT2D eigenvalue weighted by molar-refractivity contribution is 0.0804. The first-order chi connectivity index (χ1) is 8.65. The Hall–Kier alpha value is -1.31. The van der Waals surface area contributed by atoms with E-state index in [1.165, 1.54) is 19.2 Å². The first-order valence-corrected chi connectivity index (χ1v) is 5.97. The van der Waals surface area contributed by atoms with Crippen LogP contribution in [0.15, 0.2) is 27.2 Å². The zero-order valence-corrected chi connectivity index (χ0v) is 11.1. The van der Waals surface area contributed by atoms with Crippen molar-refractivity contribution in [2.45, 2.75) is 6.10 Å². The van der Waals surface area contributed by atoms with Gasteiger partial charge in [-0.25, -0.2) is 4.39 Å². The fourth-order valence-corrected chi connectivity index (χ4v) is 1.97. The molecule has 18 heavy (non-hydrogen) atoms. The average Bonchev–Trinajstić information content (AvgIpc) is 2.80. The summed E-state index contributed by atoms with van der Waals surface area (Å²) >= 11 is 3.25. The second-order valence-electron chi connectivity index (χ2n) is 3.54. The smallest absolute Gasteiger partial charge is 0.257 e. The molecule has 5 nitrogen and oxygen atoms in total. The Kier molecular flexibility index (Phi) is 4.05. The highest BCUT2D eigenvalue weighted by Gasteiger charge is 2.18. The van der Waals surface area contributed by atoms with Crippen molar-refractivity contribution in [2.24, 2.45) is 5.73 Å². The summed E-state index contributed by atoms with van der Waals surface area (Å²) in [5, 5.41) is 3.82. The Morgan fingerprint density at radius 3 is 2.94 bits per heavy atom. The Labute approximate surface area is 111 Å². The van der Waals surface area contributed by atoms with Crippen molar-refractivity contribution in [3.8, 4) is 11.4 Å². The zero-order valence-electron chi connectivity index (χ0n) is 9.56. The van der Waals surface area contributed by atoms with Crippen molar-refractivity contribution in [2.75, 3.05) is 13.7 Å². The van der Waals surface area contributed by atoms with Crippen molar-refractivity contribution in [1.82, 2.24) is 10.1 Å². The van der Waals surface area contributed by atoms with Gasteiger partial charge in [-0.15, -0.1) is 0 Å². The van der Waals surface area contributed by atoms with Gasteiger partial charge in [-0.3, -0.25) is 0 Å². The van der Waals surface area contributed by atoms with Gasteiger partial charge in [0.05, 0.1) is 0 Å². The average molecular weight is 316 g/mol. The molecule has 2 N–H and O–H groups in total. The van der Waals surface area contributed by atoms with Gasteiger partial charge in [0.15, 0.2) is 0 Å². The van der Waals surface area contributed by atoms with E-state index in [1.54, 1.807) is 6.07 Å². The summed E-state index contributed by atoms with van der Waals surface area (Å²) in [4.78, 5) is 4.18. The molecule has 0 aliphatic carbocycles. The molecule has 0 fully saturated rings. The largest absolute Gasteiger partial charge is 0.370 e. The van der Waals surface area contributed by atoms with Crippen molar-refractivity contribution in [3.63, 3.8) is 0 Å². The van der Waals surface area contributed by atoms with Gasteiger partial charge in [-0.2, -0.15) is 4.98 Å². The second kappa shape index (κ2) is 5.55. The van der Waals surface area contributed by atoms with Crippen LogP contribution in [0.5, 0.6) is 0 Å². The molecule has 1 aromatic carbocycles. The molecular weight excluding hydrogens is 305 g/mol. The maximum absolute atomic E-state index is 13.0. The monoisotopic (exact) mass is 315 g/mol. The number of methoxy groups -OCH3 is 1. The second-order valence-corrected chi connectivity index (χ2v) is 4.39. The van der Waals surface area contributed by atoms with E-state index < -0.39 is 6.10 Å². The van der Waals surface area contributed by atoms with Crippen LogP contribution in [0.1, 0.15) is 12.0 Å². The number of hydrogen-bond acceptors (Lipinski definition) is 5. The molecule has 0 radical (unpaired) electrons. The van der Waals surface area contributed by atoms with Crippen molar-refractivity contribution in [3.05, 3.63) is 34.4 Å². The van der Waals surface area contributed by atoms with Crippen LogP contribution in [0.3, 0.4) is 0 Å². The molecule has 1 aromatic heterocycles. The van der Waals surface area contributed by atoms with E-state index in [0.717, 1.165) is 0 Å². The van der Waals surface area contributed by atoms with Crippen LogP contribution in [0, 0.1) is 5.82 Å². The summed E-state index contributed by atoms with van der Waals surface area (Å²) in [6.45, 7) is 0.239. The molecule has 7 heteroatoms. The van der Waals surface area contributed by atoms with Gasteiger partial charge < -0.3 is 15.0 Å². The van der Waals surface area contributed by atoms with Gasteiger partial charge in [-0.05, 0) is 34.1 Å². The Balaban J connectivity index is 2.34. The topological polar surface area (TPSA) is 74.2 Å². The van der Waals surface area contributed by atoms with E-state index in [4.69, 9.17) is 15.0 Å². The van der Waals surface area contributed by atoms with Crippen molar-refractivity contribution in [1.29, 1.82) is 0 Å². The van der Waals surface area contributed by atoms with Crippen LogP contribution in [0.25, 0.3) is 11.4 Å². The van der Waals surface area contributed by atoms with E-state index in [-0.39, 0.29) is 12.4 Å². The van der Waals surface area contributed by atoms with Crippen LogP contribution in [0.2, 0.25) is 0 Å². The minimum atomic E-state index is -0.439. The lowest BCUT2D eigenvalue weighted by Gasteiger charge is -2.05. The number of halogens is 2. The Morgan fingerprint density at radius 2 is 2.33 bits per heavy atom. The van der Waals surface area contributed by atoms with E-state index in [9.17, 15) is 4.39 Å². The van der Waals surface area contributed by atoms with E-state index in [1.807, 2.05) is 0 Å². The number of benzene rings is 1. The summed E-state index contributed by atoms with van der Waals surface area (Å²) in [6, 6.07) is 4.23. The molecule has 0 bridgehead atoms. The third-order valence-corrected chi connectivity index (χ3v) is 3.04. The van der Waals surface area contributed by atoms with Gasteiger partial charge in [0.1, 0.15) is 11.9 Å². The molecule has 1 atom stereocenters. The van der Waals surface area contributed by atoms with E-state index in [2.05, 4.69) is 26.1 Å². The third kappa shape index (κ3) is 2.58. The van der Waals surface area contributed by atoms with E-state index in [0.29, 0.717) is 21.8 Å². The highest BCUT2D eigenvalue weighted by molar-refractivity contribution is 9.10. The molecule has 0 saturated heterocycles. The highest BCUT2D eigenvalue weighted by atomic mass is 79.9. The van der Waals surface area contributed by atoms with Crippen molar-refractivity contribution < 1.29 is 13.7 Å². The zero-order chi connectivity index (χ0) is 13.1. The fourth-order valence-electron chi connectivity index (χ4n) is 1.44. The molecule has 0 aliphatic heterocycles. The molecule has 1 heterocycles. The first kappa shape index (κ1) is 13.1. The quantitative estimate of drug-likeness (QED) is 0.937. The Bertz CT molecular complexity index is 543. The molecule has 0 aliphatic rings. The molecule has 0 spiro atoms. The molecule has 2 aromatic rings. The number of hydrogen-bond donors (Lipinski definition) is 1. The molecule has 1 unspecified atom stereocenters. The minimum Gasteiger partial charge on any atom is -0.370 e. The summed E-state index contributed by atoms with van der Waals surface area (Å²) in [5.41, 5.74) is 6.14. The predicted molar refractivity (Wildman–Crippen MR) is 66.2 cm³/mol. The van der Waals surface area contributed by atoms with E-state index >= 15 is 0 Å². The lowest BCUT2D eigenvalue weighted by Crippen LogP contribution is -2.14. The van der Waals surface area contributed by atoms with Gasteiger partial charge in [-0.1, -0.05) is 5.16 Å². The number of nitrogens with zero attached hydrogens (tertiary/aromatic N) is 2. The van der Waals surface area contributed by atoms with Gasteiger partial charge in [0, 0.05) is 23.7 Å². The molecule has 0 amide bonds. The maximum atomic E-state index is 13.0. The van der Waals surface area contributed by atoms with Gasteiger partial charge >= 0.3 is 0 Å². The lowest BCUT2D eigenvalue weighted by atomic mass is 10.2. The van der Waals surface area contributed by atoms with Gasteiger partial charge in [0.25, 0.3) is 5.89 Å². The predicted octanol–water partition coefficient (Wildman–Crippen LogP) is 2.28. The molecule has 96 valence electrons. The standard InChI is InChI=1S/C11H11BrFN3O2/c1-17-9(5-14)11-15-10(16-18-11)7-3-2-6(13)4-8(7)12/h2-4,9H,5,14H2,1H3.